The maximum absolute atomic E-state index is 12.9. The van der Waals surface area contributed by atoms with Crippen molar-refractivity contribution in [2.75, 3.05) is 46.1 Å². The molecular formula is C43H71NO7. The van der Waals surface area contributed by atoms with Gasteiger partial charge in [-0.15, -0.1) is 0 Å². The molecule has 2 bridgehead atoms. The zero-order chi connectivity index (χ0) is 36.4. The van der Waals surface area contributed by atoms with Crippen molar-refractivity contribution in [3.8, 4) is 0 Å². The van der Waals surface area contributed by atoms with E-state index in [0.717, 1.165) is 102 Å². The van der Waals surface area contributed by atoms with Gasteiger partial charge in [0.25, 0.3) is 0 Å². The molecule has 0 aromatic carbocycles. The molecule has 2 aliphatic carbocycles. The molecule has 1 saturated heterocycles. The van der Waals surface area contributed by atoms with E-state index in [1.165, 1.54) is 51.4 Å². The molecule has 0 aromatic rings. The first-order chi connectivity index (χ1) is 24.9. The highest BCUT2D eigenvalue weighted by Crippen LogP contribution is 2.53. The predicted octanol–water partition coefficient (Wildman–Crippen LogP) is 10.3. The standard InChI is InChI=1S/C43H71NO7/c1-3-4-5-6-7-8-9-10-11-12-13-14-15-16-17-23-40(45)49-34-39(36-51-42(47)48-30-21-29-44-27-18-19-28-44)35-50-41(46)24-26-43-25-20-22-38(33-43)31-37(2)32-43/h4-5,7-8,10-11,37-39H,3,6,9,12-36H2,1-2H3/b5-4-,8-7-,11-10-/t37-,38+,39?,43?/m0/s1. The summed E-state index contributed by atoms with van der Waals surface area (Å²) in [6.07, 6.45) is 34.3. The second kappa shape index (κ2) is 26.2. The van der Waals surface area contributed by atoms with E-state index in [2.05, 4.69) is 55.2 Å². The Bertz CT molecular complexity index is 1060. The van der Waals surface area contributed by atoms with Gasteiger partial charge in [-0.1, -0.05) is 82.4 Å². The Kier molecular flexibility index (Phi) is 22.0. The highest BCUT2D eigenvalue weighted by molar-refractivity contribution is 5.70. The van der Waals surface area contributed by atoms with Crippen LogP contribution in [0.2, 0.25) is 0 Å². The van der Waals surface area contributed by atoms with Crippen LogP contribution in [-0.4, -0.2) is 69.1 Å². The van der Waals surface area contributed by atoms with Gasteiger partial charge >= 0.3 is 18.1 Å². The number of rotatable bonds is 26. The molecule has 0 aromatic heterocycles. The summed E-state index contributed by atoms with van der Waals surface area (Å²) in [6, 6.07) is 0. The first-order valence-electron chi connectivity index (χ1n) is 20.7. The van der Waals surface area contributed by atoms with E-state index in [1.807, 2.05) is 0 Å². The second-order valence-electron chi connectivity index (χ2n) is 15.7. The molecule has 0 radical (unpaired) electrons. The molecule has 0 amide bonds. The van der Waals surface area contributed by atoms with Crippen LogP contribution >= 0.6 is 0 Å². The molecular weight excluding hydrogens is 642 g/mol. The highest BCUT2D eigenvalue weighted by Gasteiger charge is 2.41. The maximum Gasteiger partial charge on any atom is 0.508 e. The van der Waals surface area contributed by atoms with Crippen LogP contribution in [0.25, 0.3) is 0 Å². The average Bonchev–Trinajstić information content (AvgIpc) is 3.64. The van der Waals surface area contributed by atoms with Crippen LogP contribution in [0.1, 0.15) is 149 Å². The van der Waals surface area contributed by atoms with E-state index >= 15 is 0 Å². The van der Waals surface area contributed by atoms with Gasteiger partial charge in [0, 0.05) is 19.4 Å². The summed E-state index contributed by atoms with van der Waals surface area (Å²) < 4.78 is 21.9. The third kappa shape index (κ3) is 19.7. The minimum absolute atomic E-state index is 0.0321. The zero-order valence-electron chi connectivity index (χ0n) is 32.3. The van der Waals surface area contributed by atoms with Gasteiger partial charge in [0.05, 0.1) is 12.5 Å². The van der Waals surface area contributed by atoms with E-state index in [0.29, 0.717) is 19.4 Å². The molecule has 3 aliphatic rings. The van der Waals surface area contributed by atoms with Crippen LogP contribution < -0.4 is 0 Å². The number of unbranched alkanes of at least 4 members (excludes halogenated alkanes) is 5. The van der Waals surface area contributed by atoms with Crippen molar-refractivity contribution < 1.29 is 33.3 Å². The molecule has 0 N–H and O–H groups in total. The molecule has 0 spiro atoms. The first kappa shape index (κ1) is 42.8. The molecule has 2 unspecified atom stereocenters. The molecule has 3 fully saturated rings. The average molecular weight is 714 g/mol. The van der Waals surface area contributed by atoms with Crippen LogP contribution in [0.3, 0.4) is 0 Å². The Hall–Kier alpha value is -2.61. The normalized spacial score (nSPS) is 22.9. The van der Waals surface area contributed by atoms with Gasteiger partial charge in [0.15, 0.2) is 0 Å². The van der Waals surface area contributed by atoms with Gasteiger partial charge in [-0.05, 0) is 120 Å². The lowest BCUT2D eigenvalue weighted by molar-refractivity contribution is -0.150. The summed E-state index contributed by atoms with van der Waals surface area (Å²) in [7, 11) is 0. The number of hydrogen-bond acceptors (Lipinski definition) is 8. The number of esters is 2. The van der Waals surface area contributed by atoms with E-state index < -0.39 is 12.1 Å². The van der Waals surface area contributed by atoms with Crippen molar-refractivity contribution in [1.29, 1.82) is 0 Å². The molecule has 4 atom stereocenters. The molecule has 8 nitrogen and oxygen atoms in total. The van der Waals surface area contributed by atoms with Crippen LogP contribution in [0, 0.1) is 23.2 Å². The molecule has 2 saturated carbocycles. The number of carbonyl (C=O) groups is 3. The Morgan fingerprint density at radius 1 is 0.745 bits per heavy atom. The fourth-order valence-electron chi connectivity index (χ4n) is 8.33. The van der Waals surface area contributed by atoms with Gasteiger partial charge in [-0.25, -0.2) is 4.79 Å². The fraction of sp³-hybridized carbons (Fsp3) is 0.791. The summed E-state index contributed by atoms with van der Waals surface area (Å²) in [6.45, 7) is 7.98. The van der Waals surface area contributed by atoms with Crippen molar-refractivity contribution in [3.05, 3.63) is 36.5 Å². The van der Waals surface area contributed by atoms with Gasteiger partial charge in [0.1, 0.15) is 19.8 Å². The van der Waals surface area contributed by atoms with Crippen molar-refractivity contribution in [1.82, 2.24) is 4.90 Å². The highest BCUT2D eigenvalue weighted by atomic mass is 16.7. The van der Waals surface area contributed by atoms with Crippen molar-refractivity contribution in [3.63, 3.8) is 0 Å². The molecule has 1 heterocycles. The largest absolute Gasteiger partial charge is 0.508 e. The number of likely N-dealkylation sites (tertiary alicyclic amines) is 1. The first-order valence-corrected chi connectivity index (χ1v) is 20.7. The fourth-order valence-corrected chi connectivity index (χ4v) is 8.33. The molecule has 3 rings (SSSR count). The van der Waals surface area contributed by atoms with Crippen LogP contribution in [-0.2, 0) is 28.5 Å². The Morgan fingerprint density at radius 2 is 1.41 bits per heavy atom. The summed E-state index contributed by atoms with van der Waals surface area (Å²) in [5.41, 5.74) is 0.274. The minimum atomic E-state index is -0.737. The number of nitrogens with zero attached hydrogens (tertiary/aromatic N) is 1. The van der Waals surface area contributed by atoms with Gasteiger partial charge in [0.2, 0.25) is 0 Å². The van der Waals surface area contributed by atoms with Crippen molar-refractivity contribution >= 4 is 18.1 Å². The maximum atomic E-state index is 12.9. The predicted molar refractivity (Wildman–Crippen MR) is 204 cm³/mol. The quantitative estimate of drug-likeness (QED) is 0.0379. The van der Waals surface area contributed by atoms with Crippen molar-refractivity contribution in [2.24, 2.45) is 23.2 Å². The van der Waals surface area contributed by atoms with Crippen LogP contribution in [0.5, 0.6) is 0 Å². The summed E-state index contributed by atoms with van der Waals surface area (Å²) in [4.78, 5) is 40.1. The third-order valence-corrected chi connectivity index (χ3v) is 10.9. The molecule has 51 heavy (non-hydrogen) atoms. The minimum Gasteiger partial charge on any atom is -0.465 e. The van der Waals surface area contributed by atoms with Crippen LogP contribution in [0.15, 0.2) is 36.5 Å². The van der Waals surface area contributed by atoms with Crippen molar-refractivity contribution in [2.45, 2.75) is 149 Å². The van der Waals surface area contributed by atoms with E-state index in [-0.39, 0.29) is 37.2 Å². The number of ether oxygens (including phenoxy) is 4. The monoisotopic (exact) mass is 714 g/mol. The number of allylic oxidation sites excluding steroid dienone is 6. The zero-order valence-corrected chi connectivity index (χ0v) is 32.3. The lowest BCUT2D eigenvalue weighted by atomic mass is 9.58. The molecule has 1 aliphatic heterocycles. The second-order valence-corrected chi connectivity index (χ2v) is 15.7. The lowest BCUT2D eigenvalue weighted by Gasteiger charge is -2.48. The van der Waals surface area contributed by atoms with Gasteiger partial charge < -0.3 is 23.8 Å². The topological polar surface area (TPSA) is 91.4 Å². The Morgan fingerprint density at radius 3 is 2.18 bits per heavy atom. The van der Waals surface area contributed by atoms with E-state index in [4.69, 9.17) is 18.9 Å². The van der Waals surface area contributed by atoms with Gasteiger partial charge in [-0.2, -0.15) is 0 Å². The number of fused-ring (bicyclic) bond motifs is 2. The summed E-state index contributed by atoms with van der Waals surface area (Å²) in [5.74, 6) is 0.587. The van der Waals surface area contributed by atoms with Crippen LogP contribution in [0.4, 0.5) is 4.79 Å². The third-order valence-electron chi connectivity index (χ3n) is 10.9. The Labute approximate surface area is 310 Å². The summed E-state index contributed by atoms with van der Waals surface area (Å²) >= 11 is 0. The number of carbonyl (C=O) groups excluding carboxylic acids is 3. The molecule has 8 heteroatoms. The lowest BCUT2D eigenvalue weighted by Crippen LogP contribution is -2.36. The number of hydrogen-bond donors (Lipinski definition) is 0. The smallest absolute Gasteiger partial charge is 0.465 e. The Balaban J connectivity index is 1.31. The molecule has 290 valence electrons. The van der Waals surface area contributed by atoms with E-state index in [9.17, 15) is 14.4 Å². The SMILES string of the molecule is CC/C=C\C/C=C\C/C=C\CCCCCCCC(=O)OCC(COC(=O)CCC12CCC[C@H](C[C@H](C)C1)C2)COC(=O)OCCCN1CCCC1. The van der Waals surface area contributed by atoms with E-state index in [1.54, 1.807) is 0 Å². The summed E-state index contributed by atoms with van der Waals surface area (Å²) in [5, 5.41) is 0. The van der Waals surface area contributed by atoms with Gasteiger partial charge in [-0.3, -0.25) is 9.59 Å².